The molecule has 0 radical (unpaired) electrons. The number of nitrogens with one attached hydrogen (secondary N) is 2. The minimum absolute atomic E-state index is 0. The number of piperidine rings is 2. The molecule has 27 heavy (non-hydrogen) atoms. The summed E-state index contributed by atoms with van der Waals surface area (Å²) in [5.74, 6) is 0.142. The fourth-order valence-electron chi connectivity index (χ4n) is 3.72. The molecule has 2 aliphatic rings. The molecule has 2 aliphatic heterocycles. The molecule has 0 saturated carbocycles. The van der Waals surface area contributed by atoms with Gasteiger partial charge in [-0.1, -0.05) is 24.6 Å². The van der Waals surface area contributed by atoms with Crippen molar-refractivity contribution >= 4 is 28.3 Å². The summed E-state index contributed by atoms with van der Waals surface area (Å²) in [5.41, 5.74) is 1.02. The third-order valence-electron chi connectivity index (χ3n) is 5.57. The normalized spacial score (nSPS) is 26.8. The Morgan fingerprint density at radius 1 is 1.22 bits per heavy atom. The number of hydrogen-bond donors (Lipinski definition) is 2. The summed E-state index contributed by atoms with van der Waals surface area (Å²) in [7, 11) is -3.55. The van der Waals surface area contributed by atoms with Crippen LogP contribution in [0, 0.1) is 18.8 Å². The molecule has 152 valence electrons. The first-order valence-electron chi connectivity index (χ1n) is 9.46. The van der Waals surface area contributed by atoms with Crippen LogP contribution in [0.1, 0.15) is 31.7 Å². The second-order valence-electron chi connectivity index (χ2n) is 7.60. The summed E-state index contributed by atoms with van der Waals surface area (Å²) < 4.78 is 27.3. The maximum absolute atomic E-state index is 12.9. The van der Waals surface area contributed by atoms with Crippen LogP contribution < -0.4 is 10.6 Å². The molecule has 1 aromatic carbocycles. The quantitative estimate of drug-likeness (QED) is 0.787. The molecule has 1 amide bonds. The van der Waals surface area contributed by atoms with Gasteiger partial charge in [0.25, 0.3) is 0 Å². The van der Waals surface area contributed by atoms with Crippen LogP contribution in [0.2, 0.25) is 0 Å². The van der Waals surface area contributed by atoms with Gasteiger partial charge in [-0.05, 0) is 50.8 Å². The standard InChI is InChI=1S/C19H29N3O3S.ClH/c1-14-5-7-17(8-6-14)26(24,25)22-11-3-4-16(13-22)19(23)21-18-12-20-10-9-15(18)2;/h5-8,15-16,18,20H,3-4,9-13H2,1-2H3,(H,21,23);1H. The number of aryl methyl sites for hydroxylation is 1. The minimum Gasteiger partial charge on any atom is -0.352 e. The van der Waals surface area contributed by atoms with Gasteiger partial charge in [-0.15, -0.1) is 12.4 Å². The van der Waals surface area contributed by atoms with Gasteiger partial charge in [0, 0.05) is 25.7 Å². The molecular weight excluding hydrogens is 386 g/mol. The molecule has 0 aliphatic carbocycles. The van der Waals surface area contributed by atoms with Crippen LogP contribution in [0.15, 0.2) is 29.2 Å². The topological polar surface area (TPSA) is 78.5 Å². The maximum Gasteiger partial charge on any atom is 0.243 e. The van der Waals surface area contributed by atoms with Crippen LogP contribution in [0.3, 0.4) is 0 Å². The highest BCUT2D eigenvalue weighted by Gasteiger charge is 2.34. The molecule has 2 fully saturated rings. The summed E-state index contributed by atoms with van der Waals surface area (Å²) in [6.07, 6.45) is 2.49. The van der Waals surface area contributed by atoms with E-state index in [0.29, 0.717) is 23.8 Å². The van der Waals surface area contributed by atoms with Crippen molar-refractivity contribution < 1.29 is 13.2 Å². The van der Waals surface area contributed by atoms with Gasteiger partial charge < -0.3 is 10.6 Å². The Bertz CT molecular complexity index is 739. The van der Waals surface area contributed by atoms with E-state index in [-0.39, 0.29) is 36.8 Å². The molecule has 2 N–H and O–H groups in total. The number of carbonyl (C=O) groups is 1. The zero-order chi connectivity index (χ0) is 18.7. The zero-order valence-electron chi connectivity index (χ0n) is 16.0. The summed E-state index contributed by atoms with van der Waals surface area (Å²) in [5, 5.41) is 6.45. The van der Waals surface area contributed by atoms with E-state index in [1.807, 2.05) is 6.92 Å². The monoisotopic (exact) mass is 415 g/mol. The Kier molecular flexibility index (Phi) is 7.68. The van der Waals surface area contributed by atoms with E-state index in [4.69, 9.17) is 0 Å². The highest BCUT2D eigenvalue weighted by atomic mass is 35.5. The predicted octanol–water partition coefficient (Wildman–Crippen LogP) is 1.93. The van der Waals surface area contributed by atoms with Gasteiger partial charge in [-0.25, -0.2) is 8.42 Å². The molecule has 2 heterocycles. The number of benzene rings is 1. The summed E-state index contributed by atoms with van der Waals surface area (Å²) >= 11 is 0. The summed E-state index contributed by atoms with van der Waals surface area (Å²) in [6.45, 7) is 6.59. The Morgan fingerprint density at radius 3 is 2.59 bits per heavy atom. The van der Waals surface area contributed by atoms with Crippen LogP contribution in [-0.4, -0.2) is 50.9 Å². The molecule has 2 saturated heterocycles. The first kappa shape index (κ1) is 22.1. The van der Waals surface area contributed by atoms with Crippen molar-refractivity contribution in [1.82, 2.24) is 14.9 Å². The van der Waals surface area contributed by atoms with E-state index in [9.17, 15) is 13.2 Å². The molecule has 3 unspecified atom stereocenters. The number of sulfonamides is 1. The number of carbonyl (C=O) groups excluding carboxylic acids is 1. The van der Waals surface area contributed by atoms with E-state index < -0.39 is 10.0 Å². The largest absolute Gasteiger partial charge is 0.352 e. The Balaban J connectivity index is 0.00000261. The SMILES string of the molecule is Cc1ccc(S(=O)(=O)N2CCCC(C(=O)NC3CNCCC3C)C2)cc1.Cl. The van der Waals surface area contributed by atoms with Crippen LogP contribution in [0.4, 0.5) is 0 Å². The smallest absolute Gasteiger partial charge is 0.243 e. The van der Waals surface area contributed by atoms with Crippen LogP contribution in [0.25, 0.3) is 0 Å². The average molecular weight is 416 g/mol. The highest BCUT2D eigenvalue weighted by molar-refractivity contribution is 7.89. The first-order chi connectivity index (χ1) is 12.4. The Labute approximate surface area is 168 Å². The van der Waals surface area contributed by atoms with E-state index >= 15 is 0 Å². The van der Waals surface area contributed by atoms with E-state index in [2.05, 4.69) is 17.6 Å². The van der Waals surface area contributed by atoms with Gasteiger partial charge in [0.15, 0.2) is 0 Å². The van der Waals surface area contributed by atoms with Gasteiger partial charge in [0.2, 0.25) is 15.9 Å². The van der Waals surface area contributed by atoms with Gasteiger partial charge in [-0.3, -0.25) is 4.79 Å². The van der Waals surface area contributed by atoms with Crippen LogP contribution in [-0.2, 0) is 14.8 Å². The third-order valence-corrected chi connectivity index (χ3v) is 7.45. The maximum atomic E-state index is 12.9. The first-order valence-corrected chi connectivity index (χ1v) is 10.9. The minimum atomic E-state index is -3.55. The number of nitrogens with zero attached hydrogens (tertiary/aromatic N) is 1. The van der Waals surface area contributed by atoms with Crippen LogP contribution >= 0.6 is 12.4 Å². The summed E-state index contributed by atoms with van der Waals surface area (Å²) in [6, 6.07) is 7.02. The lowest BCUT2D eigenvalue weighted by atomic mass is 9.93. The average Bonchev–Trinajstić information content (AvgIpc) is 2.64. The summed E-state index contributed by atoms with van der Waals surface area (Å²) in [4.78, 5) is 13.0. The van der Waals surface area contributed by atoms with Crippen molar-refractivity contribution in [1.29, 1.82) is 0 Å². The molecule has 0 bridgehead atoms. The lowest BCUT2D eigenvalue weighted by molar-refractivity contribution is -0.127. The molecule has 0 aromatic heterocycles. The third kappa shape index (κ3) is 5.22. The molecule has 6 nitrogen and oxygen atoms in total. The van der Waals surface area contributed by atoms with Gasteiger partial charge >= 0.3 is 0 Å². The Morgan fingerprint density at radius 2 is 1.93 bits per heavy atom. The van der Waals surface area contributed by atoms with Crippen molar-refractivity contribution in [2.24, 2.45) is 11.8 Å². The number of rotatable bonds is 4. The highest BCUT2D eigenvalue weighted by Crippen LogP contribution is 2.24. The molecule has 1 aromatic rings. The molecule has 8 heteroatoms. The molecule has 3 atom stereocenters. The van der Waals surface area contributed by atoms with E-state index in [0.717, 1.165) is 31.5 Å². The van der Waals surface area contributed by atoms with Gasteiger partial charge in [0.1, 0.15) is 0 Å². The van der Waals surface area contributed by atoms with Crippen LogP contribution in [0.5, 0.6) is 0 Å². The molecule has 3 rings (SSSR count). The number of halogens is 1. The zero-order valence-corrected chi connectivity index (χ0v) is 17.6. The van der Waals surface area contributed by atoms with E-state index in [1.165, 1.54) is 4.31 Å². The van der Waals surface area contributed by atoms with Crippen molar-refractivity contribution in [3.05, 3.63) is 29.8 Å². The van der Waals surface area contributed by atoms with Gasteiger partial charge in [0.05, 0.1) is 10.8 Å². The fraction of sp³-hybridized carbons (Fsp3) is 0.632. The number of hydrogen-bond acceptors (Lipinski definition) is 4. The molecule has 0 spiro atoms. The fourth-order valence-corrected chi connectivity index (χ4v) is 5.24. The lowest BCUT2D eigenvalue weighted by Crippen LogP contribution is -2.53. The molecular formula is C19H30ClN3O3S. The van der Waals surface area contributed by atoms with E-state index in [1.54, 1.807) is 24.3 Å². The predicted molar refractivity (Wildman–Crippen MR) is 108 cm³/mol. The lowest BCUT2D eigenvalue weighted by Gasteiger charge is -2.34. The van der Waals surface area contributed by atoms with Crippen molar-refractivity contribution in [3.63, 3.8) is 0 Å². The van der Waals surface area contributed by atoms with Crippen molar-refractivity contribution in [2.45, 2.75) is 44.0 Å². The van der Waals surface area contributed by atoms with Crippen molar-refractivity contribution in [3.8, 4) is 0 Å². The second-order valence-corrected chi connectivity index (χ2v) is 9.54. The number of amides is 1. The second kappa shape index (κ2) is 9.37. The van der Waals surface area contributed by atoms with Gasteiger partial charge in [-0.2, -0.15) is 4.31 Å². The Hall–Kier alpha value is -1.15. The van der Waals surface area contributed by atoms with Crippen molar-refractivity contribution in [2.75, 3.05) is 26.2 Å².